The quantitative estimate of drug-likeness (QED) is 0.784. The second-order valence-corrected chi connectivity index (χ2v) is 4.40. The molecular formula is C15H17NO. The van der Waals surface area contributed by atoms with Crippen LogP contribution in [0.1, 0.15) is 23.5 Å². The summed E-state index contributed by atoms with van der Waals surface area (Å²) in [4.78, 5) is 4.44. The predicted octanol–water partition coefficient (Wildman–Crippen LogP) is 3.55. The van der Waals surface area contributed by atoms with Crippen LogP contribution in [-0.2, 0) is 0 Å². The van der Waals surface area contributed by atoms with Crippen molar-refractivity contribution in [1.29, 1.82) is 0 Å². The molecule has 0 aromatic heterocycles. The lowest BCUT2D eigenvalue weighted by atomic mass is 9.90. The van der Waals surface area contributed by atoms with Gasteiger partial charge in [-0.1, -0.05) is 42.5 Å². The maximum atomic E-state index is 9.43. The summed E-state index contributed by atoms with van der Waals surface area (Å²) in [6.45, 7) is 6.40. The molecule has 2 rings (SSSR count). The molecule has 1 aromatic rings. The number of rotatable bonds is 4. The van der Waals surface area contributed by atoms with E-state index in [0.717, 1.165) is 12.3 Å². The molecule has 1 aromatic carbocycles. The van der Waals surface area contributed by atoms with Crippen LogP contribution in [0, 0.1) is 6.92 Å². The Balaban J connectivity index is 2.29. The van der Waals surface area contributed by atoms with Crippen molar-refractivity contribution in [3.05, 3.63) is 59.9 Å². The lowest BCUT2D eigenvalue weighted by Crippen LogP contribution is -2.10. The van der Waals surface area contributed by atoms with Crippen LogP contribution in [0.3, 0.4) is 0 Å². The largest absolute Gasteiger partial charge is 0.513 e. The van der Waals surface area contributed by atoms with Gasteiger partial charge in [0.1, 0.15) is 0 Å². The molecule has 0 saturated carbocycles. The molecule has 1 aliphatic heterocycles. The van der Waals surface area contributed by atoms with E-state index in [9.17, 15) is 5.11 Å². The molecule has 0 saturated heterocycles. The normalized spacial score (nSPS) is 15.7. The van der Waals surface area contributed by atoms with E-state index in [-0.39, 0.29) is 11.7 Å². The number of hydrogen-bond donors (Lipinski definition) is 1. The number of hydrogen-bond acceptors (Lipinski definition) is 2. The van der Waals surface area contributed by atoms with E-state index in [1.54, 1.807) is 0 Å². The SMILES string of the molecule is C=C(O)CC(C1=NCC=C1)c1ccc(C)cc1. The zero-order chi connectivity index (χ0) is 12.3. The van der Waals surface area contributed by atoms with Crippen LogP contribution in [0.2, 0.25) is 0 Å². The molecule has 1 atom stereocenters. The Morgan fingerprint density at radius 1 is 1.41 bits per heavy atom. The van der Waals surface area contributed by atoms with Gasteiger partial charge in [0.15, 0.2) is 0 Å². The molecule has 1 aliphatic rings. The van der Waals surface area contributed by atoms with Crippen molar-refractivity contribution < 1.29 is 5.11 Å². The third-order valence-corrected chi connectivity index (χ3v) is 2.94. The van der Waals surface area contributed by atoms with Crippen molar-refractivity contribution in [2.45, 2.75) is 19.3 Å². The predicted molar refractivity (Wildman–Crippen MR) is 71.7 cm³/mol. The first-order valence-corrected chi connectivity index (χ1v) is 5.81. The first-order chi connectivity index (χ1) is 8.16. The molecule has 0 spiro atoms. The summed E-state index contributed by atoms with van der Waals surface area (Å²) < 4.78 is 0. The highest BCUT2D eigenvalue weighted by atomic mass is 16.3. The van der Waals surface area contributed by atoms with Crippen molar-refractivity contribution in [2.24, 2.45) is 4.99 Å². The Morgan fingerprint density at radius 2 is 2.12 bits per heavy atom. The summed E-state index contributed by atoms with van der Waals surface area (Å²) in [5.41, 5.74) is 3.44. The molecule has 2 nitrogen and oxygen atoms in total. The third-order valence-electron chi connectivity index (χ3n) is 2.94. The van der Waals surface area contributed by atoms with Crippen LogP contribution in [0.15, 0.2) is 53.7 Å². The molecule has 2 heteroatoms. The van der Waals surface area contributed by atoms with Gasteiger partial charge in [-0.25, -0.2) is 0 Å². The van der Waals surface area contributed by atoms with E-state index in [0.29, 0.717) is 6.42 Å². The minimum absolute atomic E-state index is 0.117. The number of aryl methyl sites for hydroxylation is 1. The maximum absolute atomic E-state index is 9.43. The summed E-state index contributed by atoms with van der Waals surface area (Å²) in [6, 6.07) is 8.36. The second kappa shape index (κ2) is 5.00. The van der Waals surface area contributed by atoms with Gasteiger partial charge in [0.05, 0.1) is 12.3 Å². The number of aliphatic hydroxyl groups excluding tert-OH is 1. The summed E-state index contributed by atoms with van der Waals surface area (Å²) in [5, 5.41) is 9.43. The molecule has 0 aliphatic carbocycles. The Labute approximate surface area is 102 Å². The van der Waals surface area contributed by atoms with Crippen LogP contribution in [0.4, 0.5) is 0 Å². The van der Waals surface area contributed by atoms with Crippen molar-refractivity contribution in [3.63, 3.8) is 0 Å². The summed E-state index contributed by atoms with van der Waals surface area (Å²) in [6.07, 6.45) is 4.61. The lowest BCUT2D eigenvalue weighted by molar-refractivity contribution is 0.387. The van der Waals surface area contributed by atoms with E-state index in [2.05, 4.69) is 42.8 Å². The Bertz CT molecular complexity index is 468. The molecule has 1 heterocycles. The van der Waals surface area contributed by atoms with Gasteiger partial charge >= 0.3 is 0 Å². The third kappa shape index (κ3) is 2.84. The summed E-state index contributed by atoms with van der Waals surface area (Å²) in [7, 11) is 0. The summed E-state index contributed by atoms with van der Waals surface area (Å²) >= 11 is 0. The number of aliphatic imine (C=N–C) groups is 1. The van der Waals surface area contributed by atoms with Gasteiger partial charge in [0.2, 0.25) is 0 Å². The number of nitrogens with zero attached hydrogens (tertiary/aromatic N) is 1. The highest BCUT2D eigenvalue weighted by molar-refractivity contribution is 6.01. The number of benzene rings is 1. The van der Waals surface area contributed by atoms with E-state index >= 15 is 0 Å². The standard InChI is InChI=1S/C15H17NO/c1-11-5-7-13(8-6-11)14(10-12(2)17)15-4-3-9-16-15/h3-8,14,17H,2,9-10H2,1H3. The maximum Gasteiger partial charge on any atom is 0.0861 e. The van der Waals surface area contributed by atoms with Crippen LogP contribution in [0.5, 0.6) is 0 Å². The highest BCUT2D eigenvalue weighted by Gasteiger charge is 2.18. The van der Waals surface area contributed by atoms with Crippen LogP contribution < -0.4 is 0 Å². The monoisotopic (exact) mass is 227 g/mol. The van der Waals surface area contributed by atoms with Gasteiger partial charge in [-0.15, -0.1) is 0 Å². The van der Waals surface area contributed by atoms with Gasteiger partial charge < -0.3 is 5.11 Å². The van der Waals surface area contributed by atoms with Crippen LogP contribution in [0.25, 0.3) is 0 Å². The topological polar surface area (TPSA) is 32.6 Å². The fraction of sp³-hybridized carbons (Fsp3) is 0.267. The molecule has 0 amide bonds. The fourth-order valence-corrected chi connectivity index (χ4v) is 2.04. The first kappa shape index (κ1) is 11.6. The van der Waals surface area contributed by atoms with Gasteiger partial charge in [0, 0.05) is 18.1 Å². The minimum atomic E-state index is 0.117. The van der Waals surface area contributed by atoms with Crippen molar-refractivity contribution in [1.82, 2.24) is 0 Å². The van der Waals surface area contributed by atoms with Gasteiger partial charge in [0.25, 0.3) is 0 Å². The van der Waals surface area contributed by atoms with Crippen LogP contribution >= 0.6 is 0 Å². The van der Waals surface area contributed by atoms with Gasteiger partial charge in [-0.05, 0) is 18.6 Å². The molecule has 17 heavy (non-hydrogen) atoms. The molecular weight excluding hydrogens is 210 g/mol. The molecule has 88 valence electrons. The zero-order valence-electron chi connectivity index (χ0n) is 10.1. The Kier molecular flexibility index (Phi) is 3.43. The zero-order valence-corrected chi connectivity index (χ0v) is 10.1. The average Bonchev–Trinajstić information content (AvgIpc) is 2.80. The van der Waals surface area contributed by atoms with E-state index in [1.807, 2.05) is 12.2 Å². The summed E-state index contributed by atoms with van der Waals surface area (Å²) in [5.74, 6) is 0.324. The van der Waals surface area contributed by atoms with Crippen molar-refractivity contribution in [3.8, 4) is 0 Å². The first-order valence-electron chi connectivity index (χ1n) is 5.81. The van der Waals surface area contributed by atoms with E-state index in [4.69, 9.17) is 0 Å². The molecule has 1 N–H and O–H groups in total. The molecule has 0 fully saturated rings. The average molecular weight is 227 g/mol. The number of aliphatic hydroxyl groups is 1. The Hall–Kier alpha value is -1.83. The van der Waals surface area contributed by atoms with Crippen molar-refractivity contribution >= 4 is 5.71 Å². The second-order valence-electron chi connectivity index (χ2n) is 4.40. The minimum Gasteiger partial charge on any atom is -0.513 e. The lowest BCUT2D eigenvalue weighted by Gasteiger charge is -2.16. The highest BCUT2D eigenvalue weighted by Crippen LogP contribution is 2.26. The molecule has 0 radical (unpaired) electrons. The van der Waals surface area contributed by atoms with Crippen molar-refractivity contribution in [2.75, 3.05) is 6.54 Å². The van der Waals surface area contributed by atoms with Gasteiger partial charge in [-0.3, -0.25) is 4.99 Å². The fourth-order valence-electron chi connectivity index (χ4n) is 2.04. The van der Waals surface area contributed by atoms with Gasteiger partial charge in [-0.2, -0.15) is 0 Å². The number of allylic oxidation sites excluding steroid dienone is 2. The molecule has 1 unspecified atom stereocenters. The van der Waals surface area contributed by atoms with E-state index in [1.165, 1.54) is 11.1 Å². The van der Waals surface area contributed by atoms with Crippen LogP contribution in [-0.4, -0.2) is 17.4 Å². The smallest absolute Gasteiger partial charge is 0.0861 e. The Morgan fingerprint density at radius 3 is 2.65 bits per heavy atom. The molecule has 0 bridgehead atoms. The van der Waals surface area contributed by atoms with E-state index < -0.39 is 0 Å².